The molecule has 0 radical (unpaired) electrons. The Bertz CT molecular complexity index is 618. The number of carbonyl (C=O) groups excluding carboxylic acids is 1. The number of aromatic nitrogens is 1. The van der Waals surface area contributed by atoms with Crippen molar-refractivity contribution in [3.05, 3.63) is 41.7 Å². The maximum Gasteiger partial charge on any atom is 0.292 e. The fourth-order valence-electron chi connectivity index (χ4n) is 2.32. The summed E-state index contributed by atoms with van der Waals surface area (Å²) >= 11 is 0. The average Bonchev–Trinajstić information content (AvgIpc) is 3.08. The first-order chi connectivity index (χ1) is 9.63. The van der Waals surface area contributed by atoms with E-state index in [1.165, 1.54) is 5.56 Å². The van der Waals surface area contributed by atoms with E-state index >= 15 is 0 Å². The molecule has 0 unspecified atom stereocenters. The first-order valence-electron chi connectivity index (χ1n) is 6.64. The quantitative estimate of drug-likeness (QED) is 0.906. The van der Waals surface area contributed by atoms with Crippen LogP contribution in [0.15, 0.2) is 34.9 Å². The minimum Gasteiger partial charge on any atom is -0.391 e. The lowest BCUT2D eigenvalue weighted by molar-refractivity contribution is 0.0724. The monoisotopic (exact) mass is 272 g/mol. The molecule has 1 atom stereocenters. The third-order valence-corrected chi connectivity index (χ3v) is 3.52. The van der Waals surface area contributed by atoms with Gasteiger partial charge in [0.2, 0.25) is 5.76 Å². The molecule has 0 aliphatic carbocycles. The van der Waals surface area contributed by atoms with E-state index in [4.69, 9.17) is 4.52 Å². The molecule has 2 heterocycles. The summed E-state index contributed by atoms with van der Waals surface area (Å²) in [5.74, 6) is 0.00193. The topological polar surface area (TPSA) is 66.6 Å². The molecule has 0 bridgehead atoms. The van der Waals surface area contributed by atoms with Gasteiger partial charge in [0.05, 0.1) is 6.10 Å². The van der Waals surface area contributed by atoms with Crippen molar-refractivity contribution in [1.29, 1.82) is 0 Å². The normalized spacial score (nSPS) is 18.5. The molecule has 5 heteroatoms. The van der Waals surface area contributed by atoms with Crippen molar-refractivity contribution in [3.63, 3.8) is 0 Å². The lowest BCUT2D eigenvalue weighted by Gasteiger charge is -2.12. The molecule has 1 aromatic carbocycles. The number of hydrogen-bond acceptors (Lipinski definition) is 4. The van der Waals surface area contributed by atoms with Gasteiger partial charge in [0.15, 0.2) is 0 Å². The summed E-state index contributed by atoms with van der Waals surface area (Å²) in [5.41, 5.74) is 2.73. The fraction of sp³-hybridized carbons (Fsp3) is 0.333. The Morgan fingerprint density at radius 1 is 1.40 bits per heavy atom. The van der Waals surface area contributed by atoms with Crippen LogP contribution in [0.5, 0.6) is 0 Å². The zero-order chi connectivity index (χ0) is 14.1. The molecule has 20 heavy (non-hydrogen) atoms. The van der Waals surface area contributed by atoms with Gasteiger partial charge in [-0.25, -0.2) is 0 Å². The number of β-amino-alcohol motifs (C(OH)–C–C–N with tert-alkyl or cyclic N) is 1. The van der Waals surface area contributed by atoms with Crippen LogP contribution in [0.4, 0.5) is 0 Å². The van der Waals surface area contributed by atoms with E-state index in [9.17, 15) is 9.90 Å². The Morgan fingerprint density at radius 2 is 2.15 bits per heavy atom. The second-order valence-electron chi connectivity index (χ2n) is 5.14. The lowest BCUT2D eigenvalue weighted by atomic mass is 10.1. The Labute approximate surface area is 116 Å². The van der Waals surface area contributed by atoms with Gasteiger partial charge in [-0.2, -0.15) is 0 Å². The van der Waals surface area contributed by atoms with Crippen molar-refractivity contribution in [2.75, 3.05) is 13.1 Å². The summed E-state index contributed by atoms with van der Waals surface area (Å²) in [6, 6.07) is 9.52. The van der Waals surface area contributed by atoms with Crippen LogP contribution in [0.3, 0.4) is 0 Å². The Hall–Kier alpha value is -2.14. The van der Waals surface area contributed by atoms with Gasteiger partial charge < -0.3 is 14.5 Å². The highest BCUT2D eigenvalue weighted by molar-refractivity contribution is 5.92. The summed E-state index contributed by atoms with van der Waals surface area (Å²) in [5, 5.41) is 13.4. The number of hydrogen-bond donors (Lipinski definition) is 1. The van der Waals surface area contributed by atoms with E-state index in [-0.39, 0.29) is 11.7 Å². The highest BCUT2D eigenvalue weighted by atomic mass is 16.5. The van der Waals surface area contributed by atoms with E-state index in [1.54, 1.807) is 11.0 Å². The summed E-state index contributed by atoms with van der Waals surface area (Å²) in [7, 11) is 0. The summed E-state index contributed by atoms with van der Waals surface area (Å²) in [4.78, 5) is 13.8. The number of benzene rings is 1. The molecule has 1 aliphatic rings. The number of aliphatic hydroxyl groups is 1. The van der Waals surface area contributed by atoms with Crippen LogP contribution in [0.1, 0.15) is 22.5 Å². The predicted octanol–water partition coefficient (Wildman–Crippen LogP) is 1.86. The van der Waals surface area contributed by atoms with Gasteiger partial charge in [-0.1, -0.05) is 35.0 Å². The van der Waals surface area contributed by atoms with Crippen molar-refractivity contribution in [1.82, 2.24) is 10.1 Å². The van der Waals surface area contributed by atoms with Crippen LogP contribution in [0.25, 0.3) is 11.3 Å². The molecule has 0 spiro atoms. The molecule has 104 valence electrons. The molecule has 1 aliphatic heterocycles. The number of likely N-dealkylation sites (tertiary alicyclic amines) is 1. The highest BCUT2D eigenvalue weighted by Gasteiger charge is 2.27. The van der Waals surface area contributed by atoms with Crippen LogP contribution in [-0.4, -0.2) is 40.3 Å². The predicted molar refractivity (Wildman–Crippen MR) is 73.2 cm³/mol. The number of rotatable bonds is 2. The van der Waals surface area contributed by atoms with Crippen LogP contribution in [0, 0.1) is 6.92 Å². The average molecular weight is 272 g/mol. The van der Waals surface area contributed by atoms with Gasteiger partial charge in [0.25, 0.3) is 5.91 Å². The molecule has 2 aromatic rings. The highest BCUT2D eigenvalue weighted by Crippen LogP contribution is 2.21. The minimum atomic E-state index is -0.432. The van der Waals surface area contributed by atoms with Gasteiger partial charge in [-0.3, -0.25) is 4.79 Å². The van der Waals surface area contributed by atoms with E-state index in [0.29, 0.717) is 25.2 Å². The van der Waals surface area contributed by atoms with Gasteiger partial charge in [-0.05, 0) is 13.3 Å². The Kier molecular flexibility index (Phi) is 3.28. The molecular weight excluding hydrogens is 256 g/mol. The summed E-state index contributed by atoms with van der Waals surface area (Å²) in [6.07, 6.45) is 0.184. The number of aryl methyl sites for hydroxylation is 1. The maximum absolute atomic E-state index is 12.2. The Balaban J connectivity index is 1.79. The zero-order valence-electron chi connectivity index (χ0n) is 11.2. The lowest BCUT2D eigenvalue weighted by Crippen LogP contribution is -2.29. The number of nitrogens with zero attached hydrogens (tertiary/aromatic N) is 2. The van der Waals surface area contributed by atoms with Gasteiger partial charge in [0, 0.05) is 24.7 Å². The van der Waals surface area contributed by atoms with Gasteiger partial charge in [-0.15, -0.1) is 0 Å². The van der Waals surface area contributed by atoms with Gasteiger partial charge >= 0.3 is 0 Å². The van der Waals surface area contributed by atoms with E-state index in [1.807, 2.05) is 31.2 Å². The number of amides is 1. The third-order valence-electron chi connectivity index (χ3n) is 3.52. The van der Waals surface area contributed by atoms with Crippen LogP contribution < -0.4 is 0 Å². The summed E-state index contributed by atoms with van der Waals surface area (Å²) < 4.78 is 5.14. The second kappa shape index (κ2) is 5.09. The fourth-order valence-corrected chi connectivity index (χ4v) is 2.32. The minimum absolute atomic E-state index is 0.215. The number of carbonyl (C=O) groups is 1. The van der Waals surface area contributed by atoms with Crippen molar-refractivity contribution in [2.24, 2.45) is 0 Å². The Morgan fingerprint density at radius 3 is 2.80 bits per heavy atom. The molecule has 1 N–H and O–H groups in total. The van der Waals surface area contributed by atoms with Crippen molar-refractivity contribution >= 4 is 5.91 Å². The third kappa shape index (κ3) is 2.44. The van der Waals surface area contributed by atoms with Gasteiger partial charge in [0.1, 0.15) is 5.69 Å². The van der Waals surface area contributed by atoms with Crippen molar-refractivity contribution in [3.8, 4) is 11.3 Å². The maximum atomic E-state index is 12.2. The van der Waals surface area contributed by atoms with Crippen LogP contribution in [-0.2, 0) is 0 Å². The summed E-state index contributed by atoms with van der Waals surface area (Å²) in [6.45, 7) is 2.93. The van der Waals surface area contributed by atoms with Crippen molar-refractivity contribution < 1.29 is 14.4 Å². The van der Waals surface area contributed by atoms with E-state index < -0.39 is 6.10 Å². The zero-order valence-corrected chi connectivity index (χ0v) is 11.2. The molecule has 5 nitrogen and oxygen atoms in total. The van der Waals surface area contributed by atoms with E-state index in [0.717, 1.165) is 5.56 Å². The molecular formula is C15H16N2O3. The molecule has 1 fully saturated rings. The first kappa shape index (κ1) is 12.9. The first-order valence-corrected chi connectivity index (χ1v) is 6.64. The van der Waals surface area contributed by atoms with Crippen molar-refractivity contribution in [2.45, 2.75) is 19.4 Å². The van der Waals surface area contributed by atoms with E-state index in [2.05, 4.69) is 5.16 Å². The standard InChI is InChI=1S/C15H16N2O3/c1-10-2-4-11(5-3-10)13-8-14(20-16-13)15(19)17-7-6-12(18)9-17/h2-5,8,12,18H,6-7,9H2,1H3/t12-/m1/s1. The molecule has 1 amide bonds. The van der Waals surface area contributed by atoms with Crippen LogP contribution in [0.2, 0.25) is 0 Å². The second-order valence-corrected chi connectivity index (χ2v) is 5.14. The smallest absolute Gasteiger partial charge is 0.292 e. The molecule has 1 saturated heterocycles. The largest absolute Gasteiger partial charge is 0.391 e. The molecule has 3 rings (SSSR count). The molecule has 1 aromatic heterocycles. The SMILES string of the molecule is Cc1ccc(-c2cc(C(=O)N3CC[C@@H](O)C3)on2)cc1. The van der Waals surface area contributed by atoms with Crippen LogP contribution >= 0.6 is 0 Å². The molecule has 0 saturated carbocycles. The number of aliphatic hydroxyl groups excluding tert-OH is 1.